The second-order valence-corrected chi connectivity index (χ2v) is 6.94. The summed E-state index contributed by atoms with van der Waals surface area (Å²) in [4.78, 5) is 35.2. The monoisotopic (exact) mass is 335 g/mol. The molecule has 2 N–H and O–H groups in total. The van der Waals surface area contributed by atoms with E-state index in [4.69, 9.17) is 4.74 Å². The molecule has 0 saturated heterocycles. The lowest BCUT2D eigenvalue weighted by Crippen LogP contribution is -2.44. The van der Waals surface area contributed by atoms with Gasteiger partial charge in [-0.15, -0.1) is 0 Å². The fourth-order valence-electron chi connectivity index (χ4n) is 2.01. The maximum atomic E-state index is 12.3. The number of amides is 1. The highest BCUT2D eigenvalue weighted by molar-refractivity contribution is 5.99. The lowest BCUT2D eigenvalue weighted by molar-refractivity contribution is -0.139. The van der Waals surface area contributed by atoms with Crippen LogP contribution in [0.2, 0.25) is 0 Å². The van der Waals surface area contributed by atoms with E-state index in [0.717, 1.165) is 5.56 Å². The van der Waals surface area contributed by atoms with E-state index in [0.29, 0.717) is 11.5 Å². The third-order valence-corrected chi connectivity index (χ3v) is 3.28. The highest BCUT2D eigenvalue weighted by Gasteiger charge is 2.26. The minimum absolute atomic E-state index is 0.338. The summed E-state index contributed by atoms with van der Waals surface area (Å²) in [7, 11) is 0. The number of carbonyl (C=O) groups excluding carboxylic acids is 2. The van der Waals surface area contributed by atoms with Crippen molar-refractivity contribution in [2.75, 3.05) is 0 Å². The van der Waals surface area contributed by atoms with Gasteiger partial charge >= 0.3 is 12.1 Å². The van der Waals surface area contributed by atoms with Gasteiger partial charge in [-0.1, -0.05) is 38.1 Å². The topological polar surface area (TPSA) is 92.7 Å². The van der Waals surface area contributed by atoms with Crippen LogP contribution in [0.3, 0.4) is 0 Å². The first-order valence-corrected chi connectivity index (χ1v) is 7.85. The van der Waals surface area contributed by atoms with Crippen molar-refractivity contribution in [2.24, 2.45) is 0 Å². The van der Waals surface area contributed by atoms with Crippen molar-refractivity contribution in [1.82, 2.24) is 5.32 Å². The molecule has 0 bridgehead atoms. The molecule has 1 rings (SSSR count). The average molecular weight is 335 g/mol. The standard InChI is InChI=1S/C18H25NO5/c1-11(2)12-6-8-13(9-7-12)15(20)10-14(16(21)22)19-17(23)24-18(3,4)5/h6-9,11,14H,10H2,1-5H3,(H,19,23)(H,21,22)/t14-/m1/s1. The molecule has 0 aliphatic heterocycles. The van der Waals surface area contributed by atoms with E-state index in [1.165, 1.54) is 0 Å². The Balaban J connectivity index is 2.75. The van der Waals surface area contributed by atoms with Crippen LogP contribution in [0, 0.1) is 0 Å². The quantitative estimate of drug-likeness (QED) is 0.778. The zero-order chi connectivity index (χ0) is 18.5. The molecular weight excluding hydrogens is 310 g/mol. The fraction of sp³-hybridized carbons (Fsp3) is 0.500. The molecular formula is C18H25NO5. The number of aliphatic carboxylic acids is 1. The fourth-order valence-corrected chi connectivity index (χ4v) is 2.01. The van der Waals surface area contributed by atoms with Crippen LogP contribution in [0.4, 0.5) is 4.79 Å². The number of Topliss-reactive ketones (excluding diaryl/α,β-unsaturated/α-hetero) is 1. The van der Waals surface area contributed by atoms with Crippen molar-refractivity contribution in [1.29, 1.82) is 0 Å². The summed E-state index contributed by atoms with van der Waals surface area (Å²) in [6.07, 6.45) is -1.20. The number of ether oxygens (including phenoxy) is 1. The van der Waals surface area contributed by atoms with E-state index < -0.39 is 23.7 Å². The first-order chi connectivity index (χ1) is 11.0. The van der Waals surface area contributed by atoms with Crippen molar-refractivity contribution in [3.8, 4) is 0 Å². The minimum atomic E-state index is -1.34. The number of rotatable bonds is 6. The summed E-state index contributed by atoms with van der Waals surface area (Å²) < 4.78 is 5.02. The molecule has 132 valence electrons. The Morgan fingerprint density at radius 1 is 1.12 bits per heavy atom. The molecule has 0 aromatic heterocycles. The van der Waals surface area contributed by atoms with Gasteiger partial charge < -0.3 is 15.2 Å². The van der Waals surface area contributed by atoms with Crippen LogP contribution >= 0.6 is 0 Å². The molecule has 1 aromatic rings. The molecule has 6 nitrogen and oxygen atoms in total. The third kappa shape index (κ3) is 6.40. The molecule has 0 radical (unpaired) electrons. The van der Waals surface area contributed by atoms with Gasteiger partial charge in [0.25, 0.3) is 0 Å². The number of hydrogen-bond acceptors (Lipinski definition) is 4. The van der Waals surface area contributed by atoms with Gasteiger partial charge in [0, 0.05) is 12.0 Å². The number of benzene rings is 1. The molecule has 1 aromatic carbocycles. The Hall–Kier alpha value is -2.37. The van der Waals surface area contributed by atoms with Gasteiger partial charge in [-0.2, -0.15) is 0 Å². The summed E-state index contributed by atoms with van der Waals surface area (Å²) in [5.41, 5.74) is 0.758. The van der Waals surface area contributed by atoms with Crippen molar-refractivity contribution in [2.45, 2.75) is 58.6 Å². The summed E-state index contributed by atoms with van der Waals surface area (Å²) in [6, 6.07) is 5.69. The first-order valence-electron chi connectivity index (χ1n) is 7.85. The largest absolute Gasteiger partial charge is 0.480 e. The number of carbonyl (C=O) groups is 3. The Kier molecular flexibility index (Phi) is 6.51. The van der Waals surface area contributed by atoms with Crippen molar-refractivity contribution >= 4 is 17.8 Å². The zero-order valence-corrected chi connectivity index (χ0v) is 14.8. The number of carboxylic acids is 1. The normalized spacial score (nSPS) is 12.6. The summed E-state index contributed by atoms with van der Waals surface area (Å²) >= 11 is 0. The number of carboxylic acid groups (broad SMARTS) is 1. The summed E-state index contributed by atoms with van der Waals surface area (Å²) in [6.45, 7) is 9.10. The molecule has 0 saturated carbocycles. The Morgan fingerprint density at radius 2 is 1.67 bits per heavy atom. The smallest absolute Gasteiger partial charge is 0.408 e. The van der Waals surface area contributed by atoms with Crippen LogP contribution in [0.15, 0.2) is 24.3 Å². The Morgan fingerprint density at radius 3 is 2.08 bits per heavy atom. The molecule has 0 aliphatic rings. The highest BCUT2D eigenvalue weighted by atomic mass is 16.6. The first kappa shape index (κ1) is 19.7. The number of nitrogens with one attached hydrogen (secondary N) is 1. The predicted octanol–water partition coefficient (Wildman–Crippen LogP) is 3.36. The van der Waals surface area contributed by atoms with Crippen LogP contribution in [0.5, 0.6) is 0 Å². The average Bonchev–Trinajstić information content (AvgIpc) is 2.44. The van der Waals surface area contributed by atoms with Crippen LogP contribution < -0.4 is 5.32 Å². The highest BCUT2D eigenvalue weighted by Crippen LogP contribution is 2.16. The molecule has 0 spiro atoms. The molecule has 6 heteroatoms. The van der Waals surface area contributed by atoms with Crippen LogP contribution in [0.25, 0.3) is 0 Å². The number of ketones is 1. The van der Waals surface area contributed by atoms with Crippen molar-refractivity contribution < 1.29 is 24.2 Å². The van der Waals surface area contributed by atoms with E-state index in [9.17, 15) is 19.5 Å². The van der Waals surface area contributed by atoms with Crippen LogP contribution in [-0.2, 0) is 9.53 Å². The molecule has 0 aliphatic carbocycles. The van der Waals surface area contributed by atoms with E-state index in [2.05, 4.69) is 5.32 Å². The van der Waals surface area contributed by atoms with Gasteiger partial charge in [0.1, 0.15) is 11.6 Å². The van der Waals surface area contributed by atoms with Gasteiger partial charge in [-0.05, 0) is 32.3 Å². The molecule has 0 fully saturated rings. The Bertz CT molecular complexity index is 599. The van der Waals surface area contributed by atoms with Gasteiger partial charge in [0.05, 0.1) is 0 Å². The van der Waals surface area contributed by atoms with E-state index in [1.807, 2.05) is 26.0 Å². The second kappa shape index (κ2) is 7.95. The van der Waals surface area contributed by atoms with Gasteiger partial charge in [0.2, 0.25) is 0 Å². The molecule has 1 amide bonds. The molecule has 0 heterocycles. The molecule has 0 unspecified atom stereocenters. The van der Waals surface area contributed by atoms with Crippen LogP contribution in [-0.4, -0.2) is 34.6 Å². The Labute approximate surface area is 142 Å². The van der Waals surface area contributed by atoms with Gasteiger partial charge in [0.15, 0.2) is 5.78 Å². The van der Waals surface area contributed by atoms with Crippen LogP contribution in [0.1, 0.15) is 62.9 Å². The maximum absolute atomic E-state index is 12.3. The van der Waals surface area contributed by atoms with Gasteiger partial charge in [-0.25, -0.2) is 9.59 Å². The molecule has 24 heavy (non-hydrogen) atoms. The third-order valence-electron chi connectivity index (χ3n) is 3.28. The van der Waals surface area contributed by atoms with E-state index in [1.54, 1.807) is 32.9 Å². The SMILES string of the molecule is CC(C)c1ccc(C(=O)C[C@@H](NC(=O)OC(C)(C)C)C(=O)O)cc1. The lowest BCUT2D eigenvalue weighted by Gasteiger charge is -2.21. The maximum Gasteiger partial charge on any atom is 0.408 e. The van der Waals surface area contributed by atoms with Crippen molar-refractivity contribution in [3.63, 3.8) is 0 Å². The predicted molar refractivity (Wildman–Crippen MR) is 90.3 cm³/mol. The summed E-state index contributed by atoms with van der Waals surface area (Å²) in [5.74, 6) is -1.29. The van der Waals surface area contributed by atoms with E-state index >= 15 is 0 Å². The van der Waals surface area contributed by atoms with E-state index in [-0.39, 0.29) is 12.2 Å². The second-order valence-electron chi connectivity index (χ2n) is 6.94. The number of alkyl carbamates (subject to hydrolysis) is 1. The lowest BCUT2D eigenvalue weighted by atomic mass is 9.98. The van der Waals surface area contributed by atoms with Crippen molar-refractivity contribution in [3.05, 3.63) is 35.4 Å². The number of hydrogen-bond donors (Lipinski definition) is 2. The molecule has 1 atom stereocenters. The minimum Gasteiger partial charge on any atom is -0.480 e. The zero-order valence-electron chi connectivity index (χ0n) is 14.8. The van der Waals surface area contributed by atoms with Gasteiger partial charge in [-0.3, -0.25) is 4.79 Å². The summed E-state index contributed by atoms with van der Waals surface area (Å²) in [5, 5.41) is 11.4.